The molecule has 3 rings (SSSR count). The van der Waals surface area contributed by atoms with E-state index in [0.717, 1.165) is 32.6 Å². The Morgan fingerprint density at radius 2 is 2.00 bits per heavy atom. The molecule has 4 nitrogen and oxygen atoms in total. The van der Waals surface area contributed by atoms with Gasteiger partial charge in [0.25, 0.3) is 0 Å². The van der Waals surface area contributed by atoms with Crippen molar-refractivity contribution in [1.29, 1.82) is 0 Å². The zero-order chi connectivity index (χ0) is 14.7. The number of nitrogens with zero attached hydrogens (tertiary/aromatic N) is 3. The topological polar surface area (TPSA) is 33.1 Å². The van der Waals surface area contributed by atoms with Crippen LogP contribution in [0.1, 0.15) is 29.8 Å². The predicted octanol–water partition coefficient (Wildman–Crippen LogP) is 2.55. The molecule has 1 aliphatic rings. The quantitative estimate of drug-likeness (QED) is 0.940. The van der Waals surface area contributed by atoms with Crippen LogP contribution in [0.15, 0.2) is 36.5 Å². The van der Waals surface area contributed by atoms with Gasteiger partial charge in [0.15, 0.2) is 0 Å². The molecule has 0 amide bonds. The van der Waals surface area contributed by atoms with Gasteiger partial charge in [0.1, 0.15) is 0 Å². The van der Waals surface area contributed by atoms with Crippen LogP contribution in [0, 0.1) is 0 Å². The molecule has 0 saturated carbocycles. The Hall–Kier alpha value is -1.36. The second-order valence-electron chi connectivity index (χ2n) is 5.73. The van der Waals surface area contributed by atoms with Crippen molar-refractivity contribution in [2.24, 2.45) is 7.05 Å². The molecule has 0 spiro atoms. The van der Waals surface area contributed by atoms with Crippen molar-refractivity contribution >= 4 is 12.4 Å². The summed E-state index contributed by atoms with van der Waals surface area (Å²) in [4.78, 5) is 2.55. The summed E-state index contributed by atoms with van der Waals surface area (Å²) >= 11 is 0. The van der Waals surface area contributed by atoms with Gasteiger partial charge in [0.2, 0.25) is 0 Å². The fourth-order valence-electron chi connectivity index (χ4n) is 3.00. The molecule has 1 aromatic heterocycles. The van der Waals surface area contributed by atoms with Crippen LogP contribution < -0.4 is 5.32 Å². The number of rotatable bonds is 4. The third kappa shape index (κ3) is 3.69. The highest BCUT2D eigenvalue weighted by atomic mass is 35.5. The first-order valence-electron chi connectivity index (χ1n) is 7.78. The van der Waals surface area contributed by atoms with E-state index < -0.39 is 0 Å². The van der Waals surface area contributed by atoms with Gasteiger partial charge < -0.3 is 5.32 Å². The predicted molar refractivity (Wildman–Crippen MR) is 92.3 cm³/mol. The number of aryl methyl sites for hydroxylation is 2. The van der Waals surface area contributed by atoms with Crippen molar-refractivity contribution in [2.75, 3.05) is 19.6 Å². The maximum absolute atomic E-state index is 4.28. The molecule has 0 radical (unpaired) electrons. The Bertz CT molecular complexity index is 579. The zero-order valence-electron chi connectivity index (χ0n) is 13.3. The summed E-state index contributed by atoms with van der Waals surface area (Å²) < 4.78 is 1.97. The summed E-state index contributed by atoms with van der Waals surface area (Å²) in [5.74, 6) is 0. The number of aromatic nitrogens is 2. The maximum Gasteiger partial charge on any atom is 0.0521 e. The third-order valence-corrected chi connectivity index (χ3v) is 4.41. The average Bonchev–Trinajstić information content (AvgIpc) is 2.93. The summed E-state index contributed by atoms with van der Waals surface area (Å²) in [6.45, 7) is 6.31. The molecule has 0 aliphatic carbocycles. The van der Waals surface area contributed by atoms with E-state index in [2.05, 4.69) is 52.6 Å². The van der Waals surface area contributed by atoms with E-state index in [9.17, 15) is 0 Å². The molecular formula is C17H25ClN4. The first-order valence-corrected chi connectivity index (χ1v) is 7.78. The van der Waals surface area contributed by atoms with Crippen molar-refractivity contribution in [3.05, 3.63) is 53.3 Å². The SMILES string of the molecule is CCc1ccc(C2CNCCN2Cc2ccnn2C)cc1.Cl. The van der Waals surface area contributed by atoms with Crippen molar-refractivity contribution in [1.82, 2.24) is 20.0 Å². The van der Waals surface area contributed by atoms with Gasteiger partial charge in [0.05, 0.1) is 5.69 Å². The van der Waals surface area contributed by atoms with Gasteiger partial charge in [0, 0.05) is 45.5 Å². The first-order chi connectivity index (χ1) is 10.3. The second-order valence-corrected chi connectivity index (χ2v) is 5.73. The minimum absolute atomic E-state index is 0. The Morgan fingerprint density at radius 1 is 1.23 bits per heavy atom. The van der Waals surface area contributed by atoms with E-state index in [-0.39, 0.29) is 12.4 Å². The van der Waals surface area contributed by atoms with Crippen LogP contribution in [0.25, 0.3) is 0 Å². The van der Waals surface area contributed by atoms with E-state index in [0.29, 0.717) is 6.04 Å². The van der Waals surface area contributed by atoms with Gasteiger partial charge in [-0.15, -0.1) is 12.4 Å². The fourth-order valence-corrected chi connectivity index (χ4v) is 3.00. The zero-order valence-corrected chi connectivity index (χ0v) is 14.1. The molecule has 2 aromatic rings. The van der Waals surface area contributed by atoms with Crippen molar-refractivity contribution in [3.63, 3.8) is 0 Å². The molecule has 22 heavy (non-hydrogen) atoms. The van der Waals surface area contributed by atoms with Gasteiger partial charge >= 0.3 is 0 Å². The number of piperazine rings is 1. The highest BCUT2D eigenvalue weighted by Gasteiger charge is 2.24. The van der Waals surface area contributed by atoms with Crippen LogP contribution in [-0.2, 0) is 20.0 Å². The summed E-state index contributed by atoms with van der Waals surface area (Å²) in [5, 5.41) is 7.80. The van der Waals surface area contributed by atoms with E-state index >= 15 is 0 Å². The molecule has 1 N–H and O–H groups in total. The molecule has 1 unspecified atom stereocenters. The first kappa shape index (κ1) is 17.0. The number of halogens is 1. The molecule has 1 aliphatic heterocycles. The minimum atomic E-state index is 0. The lowest BCUT2D eigenvalue weighted by molar-refractivity contribution is 0.150. The van der Waals surface area contributed by atoms with Crippen molar-refractivity contribution in [2.45, 2.75) is 25.9 Å². The maximum atomic E-state index is 4.28. The molecule has 5 heteroatoms. The van der Waals surface area contributed by atoms with Crippen LogP contribution >= 0.6 is 12.4 Å². The lowest BCUT2D eigenvalue weighted by Gasteiger charge is -2.36. The smallest absolute Gasteiger partial charge is 0.0521 e. The second kappa shape index (κ2) is 7.77. The third-order valence-electron chi connectivity index (χ3n) is 4.41. The van der Waals surface area contributed by atoms with Crippen molar-refractivity contribution in [3.8, 4) is 0 Å². The lowest BCUT2D eigenvalue weighted by atomic mass is 10.0. The molecule has 0 bridgehead atoms. The molecular weight excluding hydrogens is 296 g/mol. The van der Waals surface area contributed by atoms with Gasteiger partial charge in [-0.25, -0.2) is 0 Å². The minimum Gasteiger partial charge on any atom is -0.314 e. The number of hydrogen-bond donors (Lipinski definition) is 1. The van der Waals surface area contributed by atoms with Crippen LogP contribution in [0.5, 0.6) is 0 Å². The van der Waals surface area contributed by atoms with E-state index in [1.54, 1.807) is 0 Å². The van der Waals surface area contributed by atoms with E-state index in [1.807, 2.05) is 17.9 Å². The molecule has 120 valence electrons. The highest BCUT2D eigenvalue weighted by molar-refractivity contribution is 5.85. The Morgan fingerprint density at radius 3 is 2.64 bits per heavy atom. The Labute approximate surface area is 138 Å². The molecule has 1 saturated heterocycles. The van der Waals surface area contributed by atoms with Gasteiger partial charge in [-0.05, 0) is 23.6 Å². The van der Waals surface area contributed by atoms with Crippen LogP contribution in [0.3, 0.4) is 0 Å². The summed E-state index contributed by atoms with van der Waals surface area (Å²) in [6, 6.07) is 11.6. The van der Waals surface area contributed by atoms with Gasteiger partial charge in [-0.1, -0.05) is 31.2 Å². The standard InChI is InChI=1S/C17H24N4.ClH/c1-3-14-4-6-15(7-5-14)17-12-18-10-11-21(17)13-16-8-9-19-20(16)2;/h4-9,17-18H,3,10-13H2,1-2H3;1H. The number of nitrogens with one attached hydrogen (secondary N) is 1. The fraction of sp³-hybridized carbons (Fsp3) is 0.471. The Balaban J connectivity index is 0.00000176. The van der Waals surface area contributed by atoms with Gasteiger partial charge in [-0.3, -0.25) is 9.58 Å². The number of hydrogen-bond acceptors (Lipinski definition) is 3. The summed E-state index contributed by atoms with van der Waals surface area (Å²) in [6.07, 6.45) is 2.98. The van der Waals surface area contributed by atoms with Crippen LogP contribution in [0.2, 0.25) is 0 Å². The average molecular weight is 321 g/mol. The molecule has 1 atom stereocenters. The normalized spacial score (nSPS) is 18.9. The lowest BCUT2D eigenvalue weighted by Crippen LogP contribution is -2.45. The summed E-state index contributed by atoms with van der Waals surface area (Å²) in [5.41, 5.74) is 4.08. The largest absolute Gasteiger partial charge is 0.314 e. The van der Waals surface area contributed by atoms with Crippen molar-refractivity contribution < 1.29 is 0 Å². The van der Waals surface area contributed by atoms with Crippen LogP contribution in [-0.4, -0.2) is 34.3 Å². The Kier molecular flexibility index (Phi) is 6.00. The van der Waals surface area contributed by atoms with E-state index in [4.69, 9.17) is 0 Å². The molecule has 1 aromatic carbocycles. The monoisotopic (exact) mass is 320 g/mol. The number of benzene rings is 1. The molecule has 1 fully saturated rings. The van der Waals surface area contributed by atoms with Crippen LogP contribution in [0.4, 0.5) is 0 Å². The highest BCUT2D eigenvalue weighted by Crippen LogP contribution is 2.24. The van der Waals surface area contributed by atoms with Gasteiger partial charge in [-0.2, -0.15) is 5.10 Å². The summed E-state index contributed by atoms with van der Waals surface area (Å²) in [7, 11) is 2.02. The molecule has 2 heterocycles. The van der Waals surface area contributed by atoms with E-state index in [1.165, 1.54) is 16.8 Å².